The Bertz CT molecular complexity index is 1010. The van der Waals surface area contributed by atoms with Crippen LogP contribution in [0.25, 0.3) is 0 Å². The molecule has 0 aliphatic heterocycles. The minimum atomic E-state index is -4.37. The number of carboxylic acid groups (broad SMARTS) is 1. The van der Waals surface area contributed by atoms with Crippen LogP contribution < -0.4 is 10.9 Å². The third kappa shape index (κ3) is 4.04. The molecule has 1 aromatic heterocycles. The molecule has 1 heterocycles. The van der Waals surface area contributed by atoms with Gasteiger partial charge in [0, 0.05) is 16.9 Å². The molecule has 0 saturated carbocycles. The lowest BCUT2D eigenvalue weighted by molar-refractivity contribution is 0.0697. The second-order valence-corrected chi connectivity index (χ2v) is 8.01. The molecule has 11 heteroatoms. The molecule has 0 aliphatic carbocycles. The Morgan fingerprint density at radius 2 is 2.04 bits per heavy atom. The summed E-state index contributed by atoms with van der Waals surface area (Å²) >= 11 is 3.04. The van der Waals surface area contributed by atoms with Gasteiger partial charge in [0.25, 0.3) is 5.56 Å². The van der Waals surface area contributed by atoms with E-state index < -0.39 is 49.5 Å². The molecule has 25 heavy (non-hydrogen) atoms. The average molecular weight is 437 g/mol. The summed E-state index contributed by atoms with van der Waals surface area (Å²) < 4.78 is 51.7. The molecule has 1 atom stereocenters. The molecule has 0 amide bonds. The van der Waals surface area contributed by atoms with E-state index in [1.54, 1.807) is 0 Å². The van der Waals surface area contributed by atoms with Crippen molar-refractivity contribution in [3.63, 3.8) is 0 Å². The van der Waals surface area contributed by atoms with Crippen LogP contribution in [0.1, 0.15) is 21.4 Å². The number of anilines is 2. The third-order valence-electron chi connectivity index (χ3n) is 3.15. The molecule has 7 nitrogen and oxygen atoms in total. The predicted octanol–water partition coefficient (Wildman–Crippen LogP) is 2.73. The summed E-state index contributed by atoms with van der Waals surface area (Å²) in [6.45, 7) is 0. The van der Waals surface area contributed by atoms with Gasteiger partial charge < -0.3 is 15.4 Å². The fourth-order valence-electron chi connectivity index (χ4n) is 2.01. The van der Waals surface area contributed by atoms with E-state index >= 15 is 0 Å². The van der Waals surface area contributed by atoms with Crippen LogP contribution in [-0.4, -0.2) is 30.7 Å². The number of carboxylic acids is 1. The number of sulfone groups is 1. The second kappa shape index (κ2) is 6.92. The van der Waals surface area contributed by atoms with Crippen molar-refractivity contribution >= 4 is 43.1 Å². The fourth-order valence-corrected chi connectivity index (χ4v) is 2.99. The number of benzene rings is 1. The van der Waals surface area contributed by atoms with Crippen LogP contribution in [0.15, 0.2) is 33.7 Å². The lowest BCUT2D eigenvalue weighted by Gasteiger charge is -2.16. The molecule has 3 N–H and O–H groups in total. The highest BCUT2D eigenvalue weighted by molar-refractivity contribution is 9.10. The Kier molecular flexibility index (Phi) is 5.28. The summed E-state index contributed by atoms with van der Waals surface area (Å²) in [4.78, 5) is 25.3. The monoisotopic (exact) mass is 436 g/mol. The number of nitrogens with one attached hydrogen (secondary N) is 2. The lowest BCUT2D eigenvalue weighted by atomic mass is 10.1. The topological polar surface area (TPSA) is 116 Å². The number of hydrogen-bond donors (Lipinski definition) is 3. The maximum absolute atomic E-state index is 14.3. The van der Waals surface area contributed by atoms with Crippen molar-refractivity contribution in [3.05, 3.63) is 56.2 Å². The number of aromatic nitrogens is 1. The predicted molar refractivity (Wildman–Crippen MR) is 90.1 cm³/mol. The van der Waals surface area contributed by atoms with Gasteiger partial charge in [-0.25, -0.2) is 22.0 Å². The molecule has 2 rings (SSSR count). The first-order valence-corrected chi connectivity index (χ1v) is 9.31. The number of carbonyl (C=O) groups is 1. The van der Waals surface area contributed by atoms with Crippen LogP contribution in [-0.2, 0) is 9.84 Å². The summed E-state index contributed by atoms with van der Waals surface area (Å²) in [5.74, 6) is -2.40. The smallest absolute Gasteiger partial charge is 0.339 e. The van der Waals surface area contributed by atoms with E-state index in [1.807, 2.05) is 4.98 Å². The summed E-state index contributed by atoms with van der Waals surface area (Å²) in [5, 5.41) is 11.5. The van der Waals surface area contributed by atoms with Crippen molar-refractivity contribution < 1.29 is 27.1 Å². The molecule has 0 fully saturated rings. The maximum atomic E-state index is 14.3. The van der Waals surface area contributed by atoms with Gasteiger partial charge in [-0.05, 0) is 18.2 Å². The highest BCUT2D eigenvalue weighted by Crippen LogP contribution is 2.32. The standard InChI is InChI=1S/C14H11BrF2N2O5S/c1-25(23,24)12(17)10-11(7(14(21)22)5-18-13(10)20)19-9-3-2-6(15)4-8(9)16/h2-5,12H,1H3,(H,21,22)(H2,18,19,20). The van der Waals surface area contributed by atoms with E-state index in [0.29, 0.717) is 10.7 Å². The Labute approximate surface area is 148 Å². The fraction of sp³-hybridized carbons (Fsp3) is 0.143. The van der Waals surface area contributed by atoms with Crippen LogP contribution >= 0.6 is 15.9 Å². The van der Waals surface area contributed by atoms with Crippen molar-refractivity contribution in [2.45, 2.75) is 5.50 Å². The molecule has 1 unspecified atom stereocenters. The Morgan fingerprint density at radius 1 is 1.40 bits per heavy atom. The quantitative estimate of drug-likeness (QED) is 0.663. The lowest BCUT2D eigenvalue weighted by Crippen LogP contribution is -2.23. The van der Waals surface area contributed by atoms with Gasteiger partial charge >= 0.3 is 5.97 Å². The number of rotatable bonds is 5. The molecule has 134 valence electrons. The van der Waals surface area contributed by atoms with E-state index in [4.69, 9.17) is 0 Å². The Hall–Kier alpha value is -2.27. The molecule has 0 bridgehead atoms. The largest absolute Gasteiger partial charge is 0.478 e. The number of alkyl halides is 1. The second-order valence-electron chi connectivity index (χ2n) is 5.02. The molecular weight excluding hydrogens is 426 g/mol. The van der Waals surface area contributed by atoms with Crippen molar-refractivity contribution in [1.82, 2.24) is 4.98 Å². The number of halogens is 3. The van der Waals surface area contributed by atoms with Crippen molar-refractivity contribution in [2.75, 3.05) is 11.6 Å². The molecule has 0 saturated heterocycles. The number of hydrogen-bond acceptors (Lipinski definition) is 5. The van der Waals surface area contributed by atoms with Crippen molar-refractivity contribution in [1.29, 1.82) is 0 Å². The number of H-pyrrole nitrogens is 1. The van der Waals surface area contributed by atoms with E-state index in [2.05, 4.69) is 21.2 Å². The van der Waals surface area contributed by atoms with Crippen LogP contribution in [0.5, 0.6) is 0 Å². The Balaban J connectivity index is 2.74. The van der Waals surface area contributed by atoms with E-state index in [1.165, 1.54) is 12.1 Å². The van der Waals surface area contributed by atoms with Crippen LogP contribution in [0.3, 0.4) is 0 Å². The number of aromatic amines is 1. The first-order valence-electron chi connectivity index (χ1n) is 6.56. The minimum Gasteiger partial charge on any atom is -0.478 e. The molecule has 2 aromatic rings. The van der Waals surface area contributed by atoms with Gasteiger partial charge in [-0.1, -0.05) is 15.9 Å². The molecular formula is C14H11BrF2N2O5S. The maximum Gasteiger partial charge on any atom is 0.339 e. The Morgan fingerprint density at radius 3 is 2.56 bits per heavy atom. The normalized spacial score (nSPS) is 12.6. The summed E-state index contributed by atoms with van der Waals surface area (Å²) in [7, 11) is -4.37. The number of pyridine rings is 1. The van der Waals surface area contributed by atoms with Gasteiger partial charge in [0.2, 0.25) is 5.50 Å². The average Bonchev–Trinajstić information content (AvgIpc) is 2.48. The first kappa shape index (κ1) is 19.1. The number of aromatic carboxylic acids is 1. The first-order chi connectivity index (χ1) is 11.5. The van der Waals surface area contributed by atoms with Crippen LogP contribution in [0.2, 0.25) is 0 Å². The highest BCUT2D eigenvalue weighted by atomic mass is 79.9. The molecule has 0 aliphatic rings. The summed E-state index contributed by atoms with van der Waals surface area (Å²) in [6.07, 6.45) is 1.32. The van der Waals surface area contributed by atoms with Crippen molar-refractivity contribution in [3.8, 4) is 0 Å². The third-order valence-corrected chi connectivity index (χ3v) is 4.64. The van der Waals surface area contributed by atoms with E-state index in [9.17, 15) is 31.9 Å². The van der Waals surface area contributed by atoms with Gasteiger partial charge in [-0.2, -0.15) is 0 Å². The zero-order valence-electron chi connectivity index (χ0n) is 12.5. The molecule has 0 spiro atoms. The van der Waals surface area contributed by atoms with Crippen LogP contribution in [0, 0.1) is 5.82 Å². The van der Waals surface area contributed by atoms with Gasteiger partial charge in [0.15, 0.2) is 9.84 Å². The van der Waals surface area contributed by atoms with Gasteiger partial charge in [0.1, 0.15) is 5.82 Å². The molecule has 1 aromatic carbocycles. The van der Waals surface area contributed by atoms with E-state index in [-0.39, 0.29) is 5.69 Å². The summed E-state index contributed by atoms with van der Waals surface area (Å²) in [6, 6.07) is 3.69. The zero-order chi connectivity index (χ0) is 18.9. The molecule has 0 radical (unpaired) electrons. The zero-order valence-corrected chi connectivity index (χ0v) is 14.9. The van der Waals surface area contributed by atoms with Crippen LogP contribution in [0.4, 0.5) is 20.2 Å². The highest BCUT2D eigenvalue weighted by Gasteiger charge is 2.31. The van der Waals surface area contributed by atoms with Crippen molar-refractivity contribution in [2.24, 2.45) is 0 Å². The van der Waals surface area contributed by atoms with Gasteiger partial charge in [-0.15, -0.1) is 0 Å². The summed E-state index contributed by atoms with van der Waals surface area (Å²) in [5.41, 5.74) is -6.44. The van der Waals surface area contributed by atoms with Gasteiger partial charge in [-0.3, -0.25) is 4.79 Å². The minimum absolute atomic E-state index is 0.266. The van der Waals surface area contributed by atoms with E-state index in [0.717, 1.165) is 12.3 Å². The van der Waals surface area contributed by atoms with Gasteiger partial charge in [0.05, 0.1) is 22.5 Å². The SMILES string of the molecule is CS(=O)(=O)C(F)c1c(Nc2ccc(Br)cc2F)c(C(=O)O)c[nH]c1=O.